The van der Waals surface area contributed by atoms with Crippen LogP contribution in [-0.4, -0.2) is 37.5 Å². The first-order chi connectivity index (χ1) is 21.1. The van der Waals surface area contributed by atoms with Crippen LogP contribution in [0.25, 0.3) is 20.5 Å². The van der Waals surface area contributed by atoms with E-state index in [2.05, 4.69) is 24.0 Å². The number of methoxy groups -OCH3 is 1. The zero-order valence-corrected chi connectivity index (χ0v) is 25.6. The van der Waals surface area contributed by atoms with Gasteiger partial charge in [0.15, 0.2) is 5.78 Å². The van der Waals surface area contributed by atoms with E-state index >= 15 is 0 Å². The third-order valence-electron chi connectivity index (χ3n) is 7.87. The molecule has 220 valence electrons. The molecule has 0 bridgehead atoms. The Hall–Kier alpha value is -4.13. The smallest absolute Gasteiger partial charge is 0.195 e. The summed E-state index contributed by atoms with van der Waals surface area (Å²) in [5.74, 6) is 2.35. The minimum absolute atomic E-state index is 0.0171. The van der Waals surface area contributed by atoms with Crippen molar-refractivity contribution in [2.24, 2.45) is 0 Å². The first-order valence-corrected chi connectivity index (χ1v) is 15.8. The van der Waals surface area contributed by atoms with E-state index in [0.29, 0.717) is 24.3 Å². The Kier molecular flexibility index (Phi) is 9.06. The first-order valence-electron chi connectivity index (χ1n) is 15.0. The Morgan fingerprint density at radius 1 is 0.860 bits per heavy atom. The largest absolute Gasteiger partial charge is 0.496 e. The molecular formula is C37H37NO4S. The Morgan fingerprint density at radius 2 is 1.63 bits per heavy atom. The number of rotatable bonds is 12. The molecule has 0 radical (unpaired) electrons. The summed E-state index contributed by atoms with van der Waals surface area (Å²) in [6, 6.07) is 30.1. The van der Waals surface area contributed by atoms with E-state index in [1.807, 2.05) is 78.9 Å². The van der Waals surface area contributed by atoms with Gasteiger partial charge in [-0.05, 0) is 92.0 Å². The van der Waals surface area contributed by atoms with Crippen molar-refractivity contribution in [3.63, 3.8) is 0 Å². The van der Waals surface area contributed by atoms with Gasteiger partial charge in [-0.3, -0.25) is 9.69 Å². The fraction of sp³-hybridized carbons (Fsp3) is 0.270. The lowest BCUT2D eigenvalue weighted by atomic mass is 9.96. The number of ketones is 1. The number of carbonyl (C=O) groups is 1. The highest BCUT2D eigenvalue weighted by Crippen LogP contribution is 2.42. The fourth-order valence-electron chi connectivity index (χ4n) is 5.60. The van der Waals surface area contributed by atoms with Crippen LogP contribution >= 0.6 is 11.3 Å². The molecule has 0 amide bonds. The average Bonchev–Trinajstić information content (AvgIpc) is 3.71. The third kappa shape index (κ3) is 6.61. The van der Waals surface area contributed by atoms with Crippen LogP contribution in [0.2, 0.25) is 0 Å². The van der Waals surface area contributed by atoms with Crippen LogP contribution in [0.4, 0.5) is 0 Å². The van der Waals surface area contributed by atoms with Crippen molar-refractivity contribution in [1.82, 2.24) is 4.90 Å². The second-order valence-corrected chi connectivity index (χ2v) is 12.0. The predicted octanol–water partition coefficient (Wildman–Crippen LogP) is 8.77. The normalized spacial score (nSPS) is 13.3. The monoisotopic (exact) mass is 591 g/mol. The van der Waals surface area contributed by atoms with E-state index < -0.39 is 0 Å². The number of likely N-dealkylation sites (tertiary alicyclic amines) is 1. The SMILES string of the molecule is CCCOc1ccc(-c2sc3cc(OCc4ccccc4)ccc3c2C(=O)c2ccc(CN3CCCC3)c(OC)c2)cc1. The van der Waals surface area contributed by atoms with E-state index in [1.165, 1.54) is 12.8 Å². The number of benzene rings is 4. The molecule has 1 aliphatic rings. The number of ether oxygens (including phenoxy) is 3. The van der Waals surface area contributed by atoms with Crippen molar-refractivity contribution in [2.75, 3.05) is 26.8 Å². The van der Waals surface area contributed by atoms with E-state index in [9.17, 15) is 4.79 Å². The second-order valence-electron chi connectivity index (χ2n) is 11.0. The minimum atomic E-state index is -0.0171. The van der Waals surface area contributed by atoms with Gasteiger partial charge in [-0.25, -0.2) is 0 Å². The van der Waals surface area contributed by atoms with Gasteiger partial charge in [0.1, 0.15) is 23.9 Å². The molecule has 0 spiro atoms. The number of carbonyl (C=O) groups excluding carboxylic acids is 1. The molecule has 1 saturated heterocycles. The van der Waals surface area contributed by atoms with Gasteiger partial charge >= 0.3 is 0 Å². The molecule has 1 fully saturated rings. The van der Waals surface area contributed by atoms with Gasteiger partial charge in [-0.2, -0.15) is 0 Å². The summed E-state index contributed by atoms with van der Waals surface area (Å²) in [5, 5.41) is 0.920. The van der Waals surface area contributed by atoms with Crippen LogP contribution in [0.15, 0.2) is 91.0 Å². The van der Waals surface area contributed by atoms with Crippen LogP contribution in [0.3, 0.4) is 0 Å². The summed E-state index contributed by atoms with van der Waals surface area (Å²) in [5.41, 5.74) is 4.52. The maximum Gasteiger partial charge on any atom is 0.195 e. The molecule has 0 N–H and O–H groups in total. The highest BCUT2D eigenvalue weighted by Gasteiger charge is 2.24. The number of hydrogen-bond acceptors (Lipinski definition) is 6. The maximum atomic E-state index is 14.3. The average molecular weight is 592 g/mol. The molecule has 0 aliphatic carbocycles. The van der Waals surface area contributed by atoms with Crippen LogP contribution in [0, 0.1) is 0 Å². The van der Waals surface area contributed by atoms with Crippen LogP contribution < -0.4 is 14.2 Å². The lowest BCUT2D eigenvalue weighted by molar-refractivity contribution is 0.104. The zero-order valence-electron chi connectivity index (χ0n) is 24.8. The Morgan fingerprint density at radius 3 is 2.37 bits per heavy atom. The van der Waals surface area contributed by atoms with Crippen molar-refractivity contribution in [2.45, 2.75) is 39.3 Å². The van der Waals surface area contributed by atoms with Gasteiger partial charge < -0.3 is 14.2 Å². The van der Waals surface area contributed by atoms with Crippen LogP contribution in [-0.2, 0) is 13.2 Å². The van der Waals surface area contributed by atoms with E-state index in [-0.39, 0.29) is 5.78 Å². The molecule has 6 rings (SSSR count). The van der Waals surface area contributed by atoms with Crippen molar-refractivity contribution in [1.29, 1.82) is 0 Å². The van der Waals surface area contributed by atoms with E-state index in [1.54, 1.807) is 18.4 Å². The van der Waals surface area contributed by atoms with Gasteiger partial charge in [0.2, 0.25) is 0 Å². The van der Waals surface area contributed by atoms with Crippen molar-refractivity contribution >= 4 is 27.2 Å². The molecule has 6 heteroatoms. The Balaban J connectivity index is 1.36. The van der Waals surface area contributed by atoms with Crippen molar-refractivity contribution in [3.8, 4) is 27.7 Å². The Labute approximate surface area is 257 Å². The van der Waals surface area contributed by atoms with E-state index in [4.69, 9.17) is 14.2 Å². The summed E-state index contributed by atoms with van der Waals surface area (Å²) >= 11 is 1.61. The van der Waals surface area contributed by atoms with Gasteiger partial charge in [-0.15, -0.1) is 11.3 Å². The lowest BCUT2D eigenvalue weighted by Gasteiger charge is -2.17. The quantitative estimate of drug-likeness (QED) is 0.136. The first kappa shape index (κ1) is 29.0. The number of nitrogens with zero attached hydrogens (tertiary/aromatic N) is 1. The molecule has 43 heavy (non-hydrogen) atoms. The molecule has 1 aliphatic heterocycles. The molecule has 5 nitrogen and oxygen atoms in total. The summed E-state index contributed by atoms with van der Waals surface area (Å²) in [6.07, 6.45) is 3.42. The highest BCUT2D eigenvalue weighted by atomic mass is 32.1. The minimum Gasteiger partial charge on any atom is -0.496 e. The summed E-state index contributed by atoms with van der Waals surface area (Å²) in [4.78, 5) is 17.7. The highest BCUT2D eigenvalue weighted by molar-refractivity contribution is 7.22. The van der Waals surface area contributed by atoms with E-state index in [0.717, 1.165) is 75.0 Å². The molecule has 0 unspecified atom stereocenters. The predicted molar refractivity (Wildman–Crippen MR) is 175 cm³/mol. The fourth-order valence-corrected chi connectivity index (χ4v) is 6.83. The molecule has 4 aromatic carbocycles. The molecule has 1 aromatic heterocycles. The summed E-state index contributed by atoms with van der Waals surface area (Å²) < 4.78 is 18.7. The molecule has 0 saturated carbocycles. The number of fused-ring (bicyclic) bond motifs is 1. The standard InChI is InChI=1S/C37H37NO4S/c1-3-21-41-30-15-13-27(14-16-30)37-35(32-18-17-31(23-34(32)43-37)42-25-26-9-5-4-6-10-26)36(39)28-11-12-29(33(22-28)40-2)24-38-19-7-8-20-38/h4-6,9-18,22-23H,3,7-8,19-21,24-25H2,1-2H3. The number of thiophene rings is 1. The van der Waals surface area contributed by atoms with Gasteiger partial charge in [-0.1, -0.05) is 49.4 Å². The van der Waals surface area contributed by atoms with Crippen LogP contribution in [0.1, 0.15) is 53.2 Å². The van der Waals surface area contributed by atoms with Crippen molar-refractivity contribution in [3.05, 3.63) is 113 Å². The zero-order chi connectivity index (χ0) is 29.6. The maximum absolute atomic E-state index is 14.3. The second kappa shape index (κ2) is 13.4. The molecule has 0 atom stereocenters. The van der Waals surface area contributed by atoms with Gasteiger partial charge in [0, 0.05) is 38.2 Å². The molecular weight excluding hydrogens is 554 g/mol. The van der Waals surface area contributed by atoms with Gasteiger partial charge in [0.05, 0.1) is 13.7 Å². The van der Waals surface area contributed by atoms with Crippen molar-refractivity contribution < 1.29 is 19.0 Å². The van der Waals surface area contributed by atoms with Crippen LogP contribution in [0.5, 0.6) is 17.2 Å². The van der Waals surface area contributed by atoms with Gasteiger partial charge in [0.25, 0.3) is 0 Å². The number of hydrogen-bond donors (Lipinski definition) is 0. The Bertz CT molecular complexity index is 1690. The topological polar surface area (TPSA) is 48.0 Å². The lowest BCUT2D eigenvalue weighted by Crippen LogP contribution is -2.19. The molecule has 5 aromatic rings. The summed E-state index contributed by atoms with van der Waals surface area (Å²) in [6.45, 7) is 6.30. The third-order valence-corrected chi connectivity index (χ3v) is 9.07. The summed E-state index contributed by atoms with van der Waals surface area (Å²) in [7, 11) is 1.68. The molecule has 2 heterocycles.